The predicted molar refractivity (Wildman–Crippen MR) is 98.4 cm³/mol. The molecule has 2 aromatic rings. The SMILES string of the molecule is CP(C)(=O)c1cc(-c2cnn(CCN3CCOCC3)c2)ccc1N. The number of rotatable bonds is 5. The van der Waals surface area contributed by atoms with Crippen molar-refractivity contribution in [2.75, 3.05) is 51.9 Å². The minimum Gasteiger partial charge on any atom is -0.398 e. The summed E-state index contributed by atoms with van der Waals surface area (Å²) in [5.74, 6) is 0. The van der Waals surface area contributed by atoms with Crippen LogP contribution >= 0.6 is 7.14 Å². The molecule has 0 spiro atoms. The van der Waals surface area contributed by atoms with Gasteiger partial charge >= 0.3 is 0 Å². The molecule has 1 saturated heterocycles. The zero-order chi connectivity index (χ0) is 17.2. The maximum atomic E-state index is 12.4. The molecule has 7 heteroatoms. The van der Waals surface area contributed by atoms with Crippen LogP contribution in [0.3, 0.4) is 0 Å². The molecule has 130 valence electrons. The Bertz CT molecular complexity index is 747. The Kier molecular flexibility index (Phi) is 5.09. The Balaban J connectivity index is 1.72. The van der Waals surface area contributed by atoms with Crippen molar-refractivity contribution < 1.29 is 9.30 Å². The van der Waals surface area contributed by atoms with Crippen molar-refractivity contribution in [2.45, 2.75) is 6.54 Å². The topological polar surface area (TPSA) is 73.4 Å². The molecule has 1 aromatic heterocycles. The van der Waals surface area contributed by atoms with E-state index in [0.717, 1.165) is 55.8 Å². The molecule has 1 aromatic carbocycles. The van der Waals surface area contributed by atoms with Crippen LogP contribution in [0.4, 0.5) is 5.69 Å². The standard InChI is InChI=1S/C17H25N4O2P/c1-24(2,22)17-11-14(3-4-16(17)18)15-12-19-21(13-15)6-5-20-7-9-23-10-8-20/h3-4,11-13H,5-10,18H2,1-2H3. The predicted octanol–water partition coefficient (Wildman–Crippen LogP) is 1.71. The second kappa shape index (κ2) is 7.09. The molecule has 2 N–H and O–H groups in total. The normalized spacial score (nSPS) is 16.4. The lowest BCUT2D eigenvalue weighted by molar-refractivity contribution is 0.0360. The Morgan fingerprint density at radius 1 is 1.21 bits per heavy atom. The maximum absolute atomic E-state index is 12.4. The van der Waals surface area contributed by atoms with Crippen molar-refractivity contribution in [3.63, 3.8) is 0 Å². The van der Waals surface area contributed by atoms with E-state index in [9.17, 15) is 4.57 Å². The summed E-state index contributed by atoms with van der Waals surface area (Å²) in [7, 11) is -2.40. The third kappa shape index (κ3) is 4.07. The Morgan fingerprint density at radius 3 is 2.67 bits per heavy atom. The minimum absolute atomic E-state index is 0.590. The first-order valence-electron chi connectivity index (χ1n) is 8.21. The molecule has 0 amide bonds. The summed E-state index contributed by atoms with van der Waals surface area (Å²) < 4.78 is 19.7. The van der Waals surface area contributed by atoms with Crippen LogP contribution in [0.5, 0.6) is 0 Å². The van der Waals surface area contributed by atoms with Crippen LogP contribution in [0.25, 0.3) is 11.1 Å². The van der Waals surface area contributed by atoms with Crippen LogP contribution in [-0.4, -0.2) is 60.9 Å². The van der Waals surface area contributed by atoms with E-state index in [1.807, 2.05) is 35.3 Å². The van der Waals surface area contributed by atoms with Crippen LogP contribution in [-0.2, 0) is 15.8 Å². The third-order valence-corrected chi connectivity index (χ3v) is 5.87. The minimum atomic E-state index is -2.40. The lowest BCUT2D eigenvalue weighted by Crippen LogP contribution is -2.38. The first kappa shape index (κ1) is 17.2. The summed E-state index contributed by atoms with van der Waals surface area (Å²) in [5, 5.41) is 5.19. The van der Waals surface area contributed by atoms with Crippen LogP contribution in [0.2, 0.25) is 0 Å². The molecule has 0 atom stereocenters. The fourth-order valence-corrected chi connectivity index (χ4v) is 4.04. The van der Waals surface area contributed by atoms with E-state index in [4.69, 9.17) is 10.5 Å². The molecule has 0 unspecified atom stereocenters. The third-order valence-electron chi connectivity index (χ3n) is 4.33. The van der Waals surface area contributed by atoms with Gasteiger partial charge in [-0.15, -0.1) is 0 Å². The zero-order valence-corrected chi connectivity index (χ0v) is 15.2. The van der Waals surface area contributed by atoms with E-state index in [2.05, 4.69) is 10.00 Å². The quantitative estimate of drug-likeness (QED) is 0.658. The van der Waals surface area contributed by atoms with Gasteiger partial charge in [0.15, 0.2) is 0 Å². The summed E-state index contributed by atoms with van der Waals surface area (Å²) in [6.07, 6.45) is 3.89. The first-order valence-corrected chi connectivity index (χ1v) is 10.8. The number of morpholine rings is 1. The number of aromatic nitrogens is 2. The summed E-state index contributed by atoms with van der Waals surface area (Å²) in [6.45, 7) is 8.90. The van der Waals surface area contributed by atoms with Gasteiger partial charge in [0, 0.05) is 42.4 Å². The Morgan fingerprint density at radius 2 is 1.96 bits per heavy atom. The van der Waals surface area contributed by atoms with Gasteiger partial charge in [-0.05, 0) is 31.0 Å². The average molecular weight is 348 g/mol. The zero-order valence-electron chi connectivity index (χ0n) is 14.3. The summed E-state index contributed by atoms with van der Waals surface area (Å²) in [6, 6.07) is 5.71. The van der Waals surface area contributed by atoms with Crippen LogP contribution in [0.15, 0.2) is 30.6 Å². The average Bonchev–Trinajstić information content (AvgIpc) is 3.02. The number of ether oxygens (including phenoxy) is 1. The van der Waals surface area contributed by atoms with Gasteiger partial charge in [-0.25, -0.2) is 0 Å². The van der Waals surface area contributed by atoms with Gasteiger partial charge in [-0.3, -0.25) is 9.58 Å². The highest BCUT2D eigenvalue weighted by Crippen LogP contribution is 2.38. The molecule has 3 rings (SSSR count). The molecule has 0 saturated carbocycles. The van der Waals surface area contributed by atoms with E-state index < -0.39 is 7.14 Å². The number of nitrogen functional groups attached to an aromatic ring is 1. The van der Waals surface area contributed by atoms with E-state index in [-0.39, 0.29) is 0 Å². The smallest absolute Gasteiger partial charge is 0.111 e. The Hall–Kier alpha value is -1.62. The number of nitrogens with two attached hydrogens (primary N) is 1. The van der Waals surface area contributed by atoms with Gasteiger partial charge in [0.25, 0.3) is 0 Å². The van der Waals surface area contributed by atoms with E-state index in [0.29, 0.717) is 5.69 Å². The molecule has 0 aliphatic carbocycles. The van der Waals surface area contributed by atoms with Gasteiger partial charge in [-0.1, -0.05) is 6.07 Å². The molecular weight excluding hydrogens is 323 g/mol. The van der Waals surface area contributed by atoms with E-state index in [1.165, 1.54) is 0 Å². The molecule has 1 fully saturated rings. The van der Waals surface area contributed by atoms with Gasteiger partial charge < -0.3 is 15.0 Å². The fourth-order valence-electron chi connectivity index (χ4n) is 2.89. The number of anilines is 1. The number of benzene rings is 1. The largest absolute Gasteiger partial charge is 0.398 e. The molecule has 6 nitrogen and oxygen atoms in total. The van der Waals surface area contributed by atoms with Crippen molar-refractivity contribution in [3.8, 4) is 11.1 Å². The van der Waals surface area contributed by atoms with Crippen LogP contribution < -0.4 is 11.0 Å². The Labute approximate surface area is 143 Å². The van der Waals surface area contributed by atoms with Crippen molar-refractivity contribution in [3.05, 3.63) is 30.6 Å². The highest BCUT2D eigenvalue weighted by atomic mass is 31.2. The first-order chi connectivity index (χ1) is 11.4. The van der Waals surface area contributed by atoms with E-state index in [1.54, 1.807) is 13.3 Å². The molecule has 0 bridgehead atoms. The summed E-state index contributed by atoms with van der Waals surface area (Å²) in [5.41, 5.74) is 8.59. The van der Waals surface area contributed by atoms with Crippen molar-refractivity contribution in [1.82, 2.24) is 14.7 Å². The van der Waals surface area contributed by atoms with Gasteiger partial charge in [0.2, 0.25) is 0 Å². The lowest BCUT2D eigenvalue weighted by Gasteiger charge is -2.26. The highest BCUT2D eigenvalue weighted by Gasteiger charge is 2.16. The van der Waals surface area contributed by atoms with Crippen LogP contribution in [0, 0.1) is 0 Å². The second-order valence-corrected chi connectivity index (χ2v) is 9.75. The van der Waals surface area contributed by atoms with Crippen molar-refractivity contribution >= 4 is 18.1 Å². The molecule has 0 radical (unpaired) electrons. The summed E-state index contributed by atoms with van der Waals surface area (Å²) >= 11 is 0. The van der Waals surface area contributed by atoms with E-state index >= 15 is 0 Å². The highest BCUT2D eigenvalue weighted by molar-refractivity contribution is 7.70. The number of hydrogen-bond acceptors (Lipinski definition) is 5. The maximum Gasteiger partial charge on any atom is 0.111 e. The molecule has 2 heterocycles. The fraction of sp³-hybridized carbons (Fsp3) is 0.471. The number of hydrogen-bond donors (Lipinski definition) is 1. The van der Waals surface area contributed by atoms with Gasteiger partial charge in [0.1, 0.15) is 7.14 Å². The van der Waals surface area contributed by atoms with Crippen molar-refractivity contribution in [2.24, 2.45) is 0 Å². The lowest BCUT2D eigenvalue weighted by atomic mass is 10.1. The molecular formula is C17H25N4O2P. The van der Waals surface area contributed by atoms with Crippen molar-refractivity contribution in [1.29, 1.82) is 0 Å². The molecule has 24 heavy (non-hydrogen) atoms. The second-order valence-electron chi connectivity index (χ2n) is 6.57. The van der Waals surface area contributed by atoms with Gasteiger partial charge in [-0.2, -0.15) is 5.10 Å². The number of nitrogens with zero attached hydrogens (tertiary/aromatic N) is 3. The van der Waals surface area contributed by atoms with Gasteiger partial charge in [0.05, 0.1) is 26.0 Å². The van der Waals surface area contributed by atoms with Crippen LogP contribution in [0.1, 0.15) is 0 Å². The molecule has 1 aliphatic rings. The summed E-state index contributed by atoms with van der Waals surface area (Å²) in [4.78, 5) is 2.39. The molecule has 1 aliphatic heterocycles. The monoisotopic (exact) mass is 348 g/mol.